The summed E-state index contributed by atoms with van der Waals surface area (Å²) in [7, 11) is -3.48. The van der Waals surface area contributed by atoms with E-state index in [-0.39, 0.29) is 17.5 Å². The second kappa shape index (κ2) is 10.5. The molecule has 8 nitrogen and oxygen atoms in total. The van der Waals surface area contributed by atoms with E-state index in [0.717, 1.165) is 18.4 Å². The van der Waals surface area contributed by atoms with Crippen molar-refractivity contribution in [1.29, 1.82) is 0 Å². The topological polar surface area (TPSA) is 105 Å². The number of nitrogens with one attached hydrogen (secondary N) is 2. The molecule has 0 radical (unpaired) electrons. The standard InChI is InChI=1S/C19H29N3O5S/c1-3-22(4-2)28(25,26)17-9-7-15(8-10-17)11-12-20-18(23)19(24)21-14-16-6-5-13-27-16/h7-10,16H,3-6,11-14H2,1-2H3,(H,20,23)(H,21,24)/t16-/m1/s1. The summed E-state index contributed by atoms with van der Waals surface area (Å²) in [6.45, 7) is 5.76. The minimum absolute atomic E-state index is 0.0112. The molecular weight excluding hydrogens is 382 g/mol. The molecule has 2 amide bonds. The highest BCUT2D eigenvalue weighted by Crippen LogP contribution is 2.16. The van der Waals surface area contributed by atoms with Crippen molar-refractivity contribution in [2.75, 3.05) is 32.8 Å². The van der Waals surface area contributed by atoms with Crippen molar-refractivity contribution in [2.24, 2.45) is 0 Å². The second-order valence-corrected chi connectivity index (χ2v) is 8.52. The number of amides is 2. The summed E-state index contributed by atoms with van der Waals surface area (Å²) < 4.78 is 31.7. The first-order valence-corrected chi connectivity index (χ1v) is 11.1. The molecule has 1 fully saturated rings. The van der Waals surface area contributed by atoms with E-state index in [4.69, 9.17) is 4.74 Å². The first-order valence-electron chi connectivity index (χ1n) is 9.65. The van der Waals surface area contributed by atoms with E-state index in [2.05, 4.69) is 10.6 Å². The third kappa shape index (κ3) is 6.02. The molecule has 9 heteroatoms. The van der Waals surface area contributed by atoms with Gasteiger partial charge in [-0.25, -0.2) is 8.42 Å². The zero-order valence-electron chi connectivity index (χ0n) is 16.4. The lowest BCUT2D eigenvalue weighted by Crippen LogP contribution is -2.43. The summed E-state index contributed by atoms with van der Waals surface area (Å²) in [5.74, 6) is -1.35. The highest BCUT2D eigenvalue weighted by atomic mass is 32.2. The molecule has 0 aliphatic carbocycles. The Morgan fingerprint density at radius 3 is 2.32 bits per heavy atom. The Morgan fingerprint density at radius 1 is 1.11 bits per heavy atom. The summed E-state index contributed by atoms with van der Waals surface area (Å²) in [6.07, 6.45) is 2.35. The van der Waals surface area contributed by atoms with Crippen LogP contribution >= 0.6 is 0 Å². The monoisotopic (exact) mass is 411 g/mol. The van der Waals surface area contributed by atoms with Crippen LogP contribution in [0.5, 0.6) is 0 Å². The number of hydrogen-bond acceptors (Lipinski definition) is 5. The predicted molar refractivity (Wildman–Crippen MR) is 105 cm³/mol. The average Bonchev–Trinajstić information content (AvgIpc) is 3.20. The molecule has 0 aromatic heterocycles. The lowest BCUT2D eigenvalue weighted by atomic mass is 10.1. The average molecular weight is 412 g/mol. The molecule has 1 aromatic carbocycles. The Balaban J connectivity index is 1.78. The van der Waals surface area contributed by atoms with E-state index in [1.54, 1.807) is 38.1 Å². The van der Waals surface area contributed by atoms with Gasteiger partial charge in [0.15, 0.2) is 0 Å². The van der Waals surface area contributed by atoms with Crippen LogP contribution in [0.25, 0.3) is 0 Å². The minimum atomic E-state index is -3.48. The summed E-state index contributed by atoms with van der Waals surface area (Å²) in [4.78, 5) is 23.8. The smallest absolute Gasteiger partial charge is 0.309 e. The molecule has 1 atom stereocenters. The number of carbonyl (C=O) groups is 2. The number of nitrogens with zero attached hydrogens (tertiary/aromatic N) is 1. The Hall–Kier alpha value is -1.97. The van der Waals surface area contributed by atoms with Gasteiger partial charge >= 0.3 is 11.8 Å². The van der Waals surface area contributed by atoms with Gasteiger partial charge < -0.3 is 15.4 Å². The number of ether oxygens (including phenoxy) is 1. The zero-order valence-corrected chi connectivity index (χ0v) is 17.3. The number of benzene rings is 1. The number of sulfonamides is 1. The number of rotatable bonds is 9. The van der Waals surface area contributed by atoms with Crippen LogP contribution in [-0.2, 0) is 30.8 Å². The van der Waals surface area contributed by atoms with E-state index >= 15 is 0 Å². The largest absolute Gasteiger partial charge is 0.376 e. The maximum Gasteiger partial charge on any atom is 0.309 e. The second-order valence-electron chi connectivity index (χ2n) is 6.58. The van der Waals surface area contributed by atoms with Crippen LogP contribution in [0.15, 0.2) is 29.2 Å². The summed E-state index contributed by atoms with van der Waals surface area (Å²) in [6, 6.07) is 6.58. The van der Waals surface area contributed by atoms with E-state index in [9.17, 15) is 18.0 Å². The molecule has 1 aromatic rings. The molecule has 0 unspecified atom stereocenters. The molecule has 28 heavy (non-hydrogen) atoms. The summed E-state index contributed by atoms with van der Waals surface area (Å²) in [5, 5.41) is 5.14. The van der Waals surface area contributed by atoms with Gasteiger partial charge in [-0.1, -0.05) is 26.0 Å². The van der Waals surface area contributed by atoms with Gasteiger partial charge in [0.1, 0.15) is 0 Å². The Morgan fingerprint density at radius 2 is 1.75 bits per heavy atom. The first-order chi connectivity index (χ1) is 13.4. The quantitative estimate of drug-likeness (QED) is 0.581. The Kier molecular flexibility index (Phi) is 8.40. The van der Waals surface area contributed by atoms with E-state index in [1.807, 2.05) is 0 Å². The highest BCUT2D eigenvalue weighted by Gasteiger charge is 2.21. The number of hydrogen-bond donors (Lipinski definition) is 2. The van der Waals surface area contributed by atoms with Gasteiger partial charge in [-0.15, -0.1) is 0 Å². The highest BCUT2D eigenvalue weighted by molar-refractivity contribution is 7.89. The van der Waals surface area contributed by atoms with Gasteiger partial charge in [0.2, 0.25) is 10.0 Å². The predicted octanol–water partition coefficient (Wildman–Crippen LogP) is 0.671. The van der Waals surface area contributed by atoms with Crippen molar-refractivity contribution in [3.05, 3.63) is 29.8 Å². The van der Waals surface area contributed by atoms with Crippen LogP contribution < -0.4 is 10.6 Å². The van der Waals surface area contributed by atoms with Crippen molar-refractivity contribution in [3.63, 3.8) is 0 Å². The van der Waals surface area contributed by atoms with Crippen molar-refractivity contribution in [1.82, 2.24) is 14.9 Å². The fourth-order valence-corrected chi connectivity index (χ4v) is 4.49. The normalized spacial score (nSPS) is 16.9. The molecule has 2 rings (SSSR count). The Bertz CT molecular complexity index is 754. The fourth-order valence-electron chi connectivity index (χ4n) is 3.03. The molecule has 0 saturated carbocycles. The molecule has 1 saturated heterocycles. The van der Waals surface area contributed by atoms with E-state index in [0.29, 0.717) is 32.7 Å². The maximum absolute atomic E-state index is 12.5. The molecule has 0 spiro atoms. The van der Waals surface area contributed by atoms with Gasteiger partial charge in [-0.2, -0.15) is 4.31 Å². The van der Waals surface area contributed by atoms with Gasteiger partial charge in [-0.05, 0) is 37.0 Å². The van der Waals surface area contributed by atoms with Crippen LogP contribution in [0, 0.1) is 0 Å². The SMILES string of the molecule is CCN(CC)S(=O)(=O)c1ccc(CCNC(=O)C(=O)NC[C@H]2CCCO2)cc1. The van der Waals surface area contributed by atoms with Crippen molar-refractivity contribution in [2.45, 2.75) is 44.1 Å². The fraction of sp³-hybridized carbons (Fsp3) is 0.579. The van der Waals surface area contributed by atoms with E-state index in [1.165, 1.54) is 4.31 Å². The first kappa shape index (κ1) is 22.3. The van der Waals surface area contributed by atoms with Crippen LogP contribution in [0.3, 0.4) is 0 Å². The van der Waals surface area contributed by atoms with Crippen LogP contribution in [0.2, 0.25) is 0 Å². The number of carbonyl (C=O) groups excluding carboxylic acids is 2. The zero-order chi connectivity index (χ0) is 20.6. The lowest BCUT2D eigenvalue weighted by Gasteiger charge is -2.18. The molecule has 1 heterocycles. The van der Waals surface area contributed by atoms with Crippen molar-refractivity contribution in [3.8, 4) is 0 Å². The van der Waals surface area contributed by atoms with Crippen LogP contribution in [0.4, 0.5) is 0 Å². The van der Waals surface area contributed by atoms with Gasteiger partial charge in [0.25, 0.3) is 0 Å². The lowest BCUT2D eigenvalue weighted by molar-refractivity contribution is -0.139. The summed E-state index contributed by atoms with van der Waals surface area (Å²) in [5.41, 5.74) is 0.874. The van der Waals surface area contributed by atoms with Crippen molar-refractivity contribution >= 4 is 21.8 Å². The van der Waals surface area contributed by atoms with Gasteiger partial charge in [0, 0.05) is 32.8 Å². The van der Waals surface area contributed by atoms with Gasteiger partial charge in [0.05, 0.1) is 11.0 Å². The minimum Gasteiger partial charge on any atom is -0.376 e. The molecule has 156 valence electrons. The van der Waals surface area contributed by atoms with Crippen LogP contribution in [-0.4, -0.2) is 63.4 Å². The molecule has 0 bridgehead atoms. The third-order valence-electron chi connectivity index (χ3n) is 4.69. The molecule has 1 aliphatic rings. The van der Waals surface area contributed by atoms with Gasteiger partial charge in [-0.3, -0.25) is 9.59 Å². The molecular formula is C19H29N3O5S. The van der Waals surface area contributed by atoms with Crippen LogP contribution in [0.1, 0.15) is 32.3 Å². The molecule has 1 aliphatic heterocycles. The van der Waals surface area contributed by atoms with Crippen molar-refractivity contribution < 1.29 is 22.7 Å². The van der Waals surface area contributed by atoms with E-state index < -0.39 is 21.8 Å². The molecule has 2 N–H and O–H groups in total. The summed E-state index contributed by atoms with van der Waals surface area (Å²) >= 11 is 0. The maximum atomic E-state index is 12.5. The Labute approximate surface area is 166 Å². The third-order valence-corrected chi connectivity index (χ3v) is 6.75.